The van der Waals surface area contributed by atoms with Gasteiger partial charge in [-0.2, -0.15) is 0 Å². The van der Waals surface area contributed by atoms with Crippen LogP contribution in [0.25, 0.3) is 11.1 Å². The van der Waals surface area contributed by atoms with Gasteiger partial charge in [0.1, 0.15) is 6.61 Å². The van der Waals surface area contributed by atoms with Gasteiger partial charge in [0.25, 0.3) is 23.6 Å². The quantitative estimate of drug-likeness (QED) is 0.526. The molecule has 0 fully saturated rings. The number of rotatable bonds is 4. The fourth-order valence-corrected chi connectivity index (χ4v) is 4.31. The first-order valence-electron chi connectivity index (χ1n) is 9.58. The summed E-state index contributed by atoms with van der Waals surface area (Å²) in [7, 11) is 0. The zero-order valence-electron chi connectivity index (χ0n) is 16.3. The topological polar surface area (TPSA) is 101 Å². The monoisotopic (exact) mass is 448 g/mol. The molecule has 3 aliphatic rings. The standard InChI is InChI=1S/C23H13ClN2O6/c24-23(31)32-11-18-16-9-12(25-19(27)5-6-20(25)28)1-3-14(16)15-4-2-13(10-17(15)18)26-21(29)7-8-22(26)30/h1-10,18H,11H2. The predicted octanol–water partition coefficient (Wildman–Crippen LogP) is 3.03. The Morgan fingerprint density at radius 2 is 1.16 bits per heavy atom. The van der Waals surface area contributed by atoms with Crippen LogP contribution in [0.1, 0.15) is 17.0 Å². The number of carbonyl (C=O) groups is 5. The van der Waals surface area contributed by atoms with Gasteiger partial charge in [0.2, 0.25) is 0 Å². The Morgan fingerprint density at radius 3 is 1.53 bits per heavy atom. The predicted molar refractivity (Wildman–Crippen MR) is 114 cm³/mol. The molecule has 0 bridgehead atoms. The number of ether oxygens (including phenoxy) is 1. The van der Waals surface area contributed by atoms with Gasteiger partial charge >= 0.3 is 5.43 Å². The summed E-state index contributed by atoms with van der Waals surface area (Å²) in [5.74, 6) is -2.28. The van der Waals surface area contributed by atoms with E-state index in [4.69, 9.17) is 16.3 Å². The Hall–Kier alpha value is -4.04. The number of benzene rings is 2. The molecule has 0 N–H and O–H groups in total. The number of anilines is 2. The molecule has 0 radical (unpaired) electrons. The van der Waals surface area contributed by atoms with Crippen molar-refractivity contribution in [3.05, 3.63) is 71.8 Å². The van der Waals surface area contributed by atoms with Crippen LogP contribution in [0.15, 0.2) is 60.7 Å². The fraction of sp³-hybridized carbons (Fsp3) is 0.0870. The average molecular weight is 449 g/mol. The van der Waals surface area contributed by atoms with Crippen LogP contribution in [0.3, 0.4) is 0 Å². The van der Waals surface area contributed by atoms with Crippen molar-refractivity contribution in [2.75, 3.05) is 16.4 Å². The molecular formula is C23H13ClN2O6. The molecule has 1 aliphatic carbocycles. The second-order valence-corrected chi connectivity index (χ2v) is 7.64. The van der Waals surface area contributed by atoms with Gasteiger partial charge in [-0.1, -0.05) is 12.1 Å². The van der Waals surface area contributed by atoms with Crippen molar-refractivity contribution in [3.8, 4) is 11.1 Å². The van der Waals surface area contributed by atoms with E-state index in [1.807, 2.05) is 0 Å². The van der Waals surface area contributed by atoms with Gasteiger partial charge in [0, 0.05) is 41.8 Å². The lowest BCUT2D eigenvalue weighted by atomic mass is 9.97. The van der Waals surface area contributed by atoms with Crippen LogP contribution in [0.5, 0.6) is 0 Å². The van der Waals surface area contributed by atoms with Crippen LogP contribution in [-0.4, -0.2) is 35.7 Å². The highest BCUT2D eigenvalue weighted by atomic mass is 35.5. The molecule has 8 nitrogen and oxygen atoms in total. The van der Waals surface area contributed by atoms with Gasteiger partial charge in [-0.15, -0.1) is 0 Å². The number of carbonyl (C=O) groups excluding carboxylic acids is 5. The highest BCUT2D eigenvalue weighted by Gasteiger charge is 2.34. The molecule has 9 heteroatoms. The Bertz CT molecular complexity index is 1180. The summed E-state index contributed by atoms with van der Waals surface area (Å²) in [4.78, 5) is 61.8. The van der Waals surface area contributed by atoms with E-state index in [1.54, 1.807) is 36.4 Å². The molecular weight excluding hydrogens is 436 g/mol. The second-order valence-electron chi connectivity index (χ2n) is 7.33. The van der Waals surface area contributed by atoms with E-state index < -0.39 is 35.0 Å². The normalized spacial score (nSPS) is 16.9. The third-order valence-electron chi connectivity index (χ3n) is 5.61. The molecule has 0 saturated carbocycles. The first-order valence-corrected chi connectivity index (χ1v) is 9.96. The van der Waals surface area contributed by atoms with Crippen LogP contribution in [-0.2, 0) is 23.9 Å². The molecule has 4 amide bonds. The summed E-state index contributed by atoms with van der Waals surface area (Å²) in [6.45, 7) is -0.102. The Labute approximate surface area is 186 Å². The van der Waals surface area contributed by atoms with Crippen LogP contribution in [0.2, 0.25) is 0 Å². The molecule has 2 aliphatic heterocycles. The summed E-state index contributed by atoms with van der Waals surface area (Å²) in [6.07, 6.45) is 4.78. The van der Waals surface area contributed by atoms with Gasteiger partial charge in [-0.3, -0.25) is 19.2 Å². The van der Waals surface area contributed by atoms with Gasteiger partial charge in [0.15, 0.2) is 0 Å². The van der Waals surface area contributed by atoms with Crippen molar-refractivity contribution >= 4 is 52.0 Å². The van der Waals surface area contributed by atoms with Crippen LogP contribution in [0.4, 0.5) is 16.2 Å². The number of hydrogen-bond acceptors (Lipinski definition) is 6. The van der Waals surface area contributed by atoms with Gasteiger partial charge in [0.05, 0.1) is 11.4 Å². The average Bonchev–Trinajstić information content (AvgIpc) is 3.38. The molecule has 0 atom stereocenters. The first kappa shape index (κ1) is 19.9. The fourth-order valence-electron chi connectivity index (χ4n) is 4.25. The Kier molecular flexibility index (Phi) is 4.53. The Balaban J connectivity index is 1.59. The minimum absolute atomic E-state index is 0.102. The van der Waals surface area contributed by atoms with Crippen molar-refractivity contribution in [3.63, 3.8) is 0 Å². The van der Waals surface area contributed by atoms with Gasteiger partial charge in [-0.25, -0.2) is 14.6 Å². The molecule has 5 rings (SSSR count). The summed E-state index contributed by atoms with van der Waals surface area (Å²) in [6, 6.07) is 10.3. The lowest BCUT2D eigenvalue weighted by Crippen LogP contribution is -2.29. The summed E-state index contributed by atoms with van der Waals surface area (Å²) < 4.78 is 5.06. The number of hydrogen-bond donors (Lipinski definition) is 0. The van der Waals surface area contributed by atoms with Crippen LogP contribution >= 0.6 is 11.6 Å². The maximum atomic E-state index is 12.1. The van der Waals surface area contributed by atoms with Crippen LogP contribution < -0.4 is 9.80 Å². The van der Waals surface area contributed by atoms with Crippen molar-refractivity contribution in [2.45, 2.75) is 5.92 Å². The molecule has 2 heterocycles. The van der Waals surface area contributed by atoms with Gasteiger partial charge in [-0.05, 0) is 46.5 Å². The molecule has 0 aromatic heterocycles. The van der Waals surface area contributed by atoms with E-state index in [2.05, 4.69) is 0 Å². The van der Waals surface area contributed by atoms with Crippen molar-refractivity contribution in [1.82, 2.24) is 0 Å². The van der Waals surface area contributed by atoms with E-state index >= 15 is 0 Å². The number of imide groups is 2. The lowest BCUT2D eigenvalue weighted by Gasteiger charge is -2.18. The highest BCUT2D eigenvalue weighted by Crippen LogP contribution is 2.47. The first-order chi connectivity index (χ1) is 15.3. The Morgan fingerprint density at radius 1 is 0.750 bits per heavy atom. The molecule has 32 heavy (non-hydrogen) atoms. The number of amides is 4. The lowest BCUT2D eigenvalue weighted by molar-refractivity contribution is -0.121. The zero-order valence-corrected chi connectivity index (χ0v) is 17.0. The van der Waals surface area contributed by atoms with E-state index in [-0.39, 0.29) is 6.61 Å². The smallest absolute Gasteiger partial charge is 0.403 e. The molecule has 2 aromatic carbocycles. The van der Waals surface area contributed by atoms with E-state index in [9.17, 15) is 24.0 Å². The maximum absolute atomic E-state index is 12.1. The number of fused-ring (bicyclic) bond motifs is 3. The second kappa shape index (κ2) is 7.28. The highest BCUT2D eigenvalue weighted by molar-refractivity contribution is 6.61. The van der Waals surface area contributed by atoms with E-state index in [1.165, 1.54) is 24.3 Å². The van der Waals surface area contributed by atoms with E-state index in [0.29, 0.717) is 11.4 Å². The SMILES string of the molecule is O=C(Cl)OCC1c2cc(N3C(=O)C=CC3=O)ccc2-c2ccc(N3C(=O)C=CC3=O)cc21. The van der Waals surface area contributed by atoms with Crippen LogP contribution in [0, 0.1) is 0 Å². The van der Waals surface area contributed by atoms with Crippen molar-refractivity contribution < 1.29 is 28.7 Å². The summed E-state index contributed by atoms with van der Waals surface area (Å²) >= 11 is 5.38. The number of nitrogens with zero attached hydrogens (tertiary/aromatic N) is 2. The number of halogens is 1. The minimum atomic E-state index is -0.976. The van der Waals surface area contributed by atoms with E-state index in [0.717, 1.165) is 32.1 Å². The zero-order chi connectivity index (χ0) is 22.6. The summed E-state index contributed by atoms with van der Waals surface area (Å²) in [5.41, 5.74) is 2.86. The third kappa shape index (κ3) is 3.04. The molecule has 0 spiro atoms. The minimum Gasteiger partial charge on any atom is -0.453 e. The third-order valence-corrected chi connectivity index (χ3v) is 5.72. The maximum Gasteiger partial charge on any atom is 0.403 e. The largest absolute Gasteiger partial charge is 0.453 e. The van der Waals surface area contributed by atoms with Crippen molar-refractivity contribution in [2.24, 2.45) is 0 Å². The molecule has 0 unspecified atom stereocenters. The van der Waals surface area contributed by atoms with Crippen molar-refractivity contribution in [1.29, 1.82) is 0 Å². The summed E-state index contributed by atoms with van der Waals surface area (Å²) in [5, 5.41) is 0. The van der Waals surface area contributed by atoms with Gasteiger partial charge < -0.3 is 4.74 Å². The molecule has 158 valence electrons. The molecule has 2 aromatic rings. The molecule has 0 saturated heterocycles.